The second-order valence-corrected chi connectivity index (χ2v) is 9.26. The quantitative estimate of drug-likeness (QED) is 0.503. The second-order valence-electron chi connectivity index (χ2n) is 9.26. The molecule has 1 unspecified atom stereocenters. The molecule has 4 rings (SSSR count). The van der Waals surface area contributed by atoms with E-state index in [4.69, 9.17) is 0 Å². The van der Waals surface area contributed by atoms with Crippen molar-refractivity contribution in [2.45, 2.75) is 44.9 Å². The van der Waals surface area contributed by atoms with Gasteiger partial charge in [-0.3, -0.25) is 0 Å². The van der Waals surface area contributed by atoms with Gasteiger partial charge < -0.3 is 15.1 Å². The Kier molecular flexibility index (Phi) is 8.20. The molecule has 1 aliphatic carbocycles. The number of nitrogens with zero attached hydrogens (tertiary/aromatic N) is 1. The highest BCUT2D eigenvalue weighted by Gasteiger charge is 2.22. The minimum Gasteiger partial charge on any atom is -0.508 e. The lowest BCUT2D eigenvalue weighted by atomic mass is 9.81. The Bertz CT molecular complexity index is 994. The standard InChI is InChI=1S/C30H37NO2/c1-2-31-19-17-24(18-20-31)23-13-15-26(16-14-23)30(27-10-6-11-28(33)22-27)29(12-7-21-32)25-8-4-3-5-9-25/h3-6,8,10-11,13-16,22,24-25,32-33H,2,7,9,12,17-21H2,1H3/b30-29+. The molecule has 1 atom stereocenters. The first kappa shape index (κ1) is 23.5. The normalized spacial score (nSPS) is 20.1. The third kappa shape index (κ3) is 5.85. The monoisotopic (exact) mass is 443 g/mol. The number of aliphatic hydroxyl groups excluding tert-OH is 1. The van der Waals surface area contributed by atoms with Crippen LogP contribution in [-0.4, -0.2) is 41.4 Å². The van der Waals surface area contributed by atoms with Gasteiger partial charge in [0.1, 0.15) is 5.75 Å². The highest BCUT2D eigenvalue weighted by atomic mass is 16.3. The van der Waals surface area contributed by atoms with Crippen LogP contribution < -0.4 is 0 Å². The maximum Gasteiger partial charge on any atom is 0.116 e. The molecule has 2 aromatic carbocycles. The van der Waals surface area contributed by atoms with Gasteiger partial charge in [-0.1, -0.05) is 73.2 Å². The lowest BCUT2D eigenvalue weighted by molar-refractivity contribution is 0.222. The first-order valence-corrected chi connectivity index (χ1v) is 12.5. The van der Waals surface area contributed by atoms with E-state index in [1.54, 1.807) is 6.07 Å². The number of hydrogen-bond acceptors (Lipinski definition) is 3. The Morgan fingerprint density at radius 3 is 2.42 bits per heavy atom. The molecule has 3 heteroatoms. The molecule has 174 valence electrons. The van der Waals surface area contributed by atoms with Gasteiger partial charge in [0.15, 0.2) is 0 Å². The molecule has 0 saturated carbocycles. The third-order valence-electron chi connectivity index (χ3n) is 7.19. The molecule has 2 aromatic rings. The van der Waals surface area contributed by atoms with Gasteiger partial charge in [-0.15, -0.1) is 0 Å². The molecule has 33 heavy (non-hydrogen) atoms. The van der Waals surface area contributed by atoms with Gasteiger partial charge >= 0.3 is 0 Å². The minimum atomic E-state index is 0.179. The zero-order valence-corrected chi connectivity index (χ0v) is 19.8. The molecular formula is C30H37NO2. The predicted octanol–water partition coefficient (Wildman–Crippen LogP) is 6.30. The van der Waals surface area contributed by atoms with Crippen LogP contribution in [0, 0.1) is 5.92 Å². The van der Waals surface area contributed by atoms with Crippen LogP contribution >= 0.6 is 0 Å². The van der Waals surface area contributed by atoms with E-state index in [1.165, 1.54) is 48.2 Å². The Morgan fingerprint density at radius 1 is 1.00 bits per heavy atom. The molecule has 0 spiro atoms. The van der Waals surface area contributed by atoms with Crippen molar-refractivity contribution in [2.24, 2.45) is 5.92 Å². The van der Waals surface area contributed by atoms with Crippen LogP contribution in [0.4, 0.5) is 0 Å². The summed E-state index contributed by atoms with van der Waals surface area (Å²) in [6.07, 6.45) is 13.7. The zero-order valence-electron chi connectivity index (χ0n) is 19.8. The van der Waals surface area contributed by atoms with Crippen LogP contribution in [0.5, 0.6) is 5.75 Å². The van der Waals surface area contributed by atoms with Crippen molar-refractivity contribution in [1.29, 1.82) is 0 Å². The summed E-state index contributed by atoms with van der Waals surface area (Å²) in [4.78, 5) is 2.53. The molecule has 3 nitrogen and oxygen atoms in total. The number of aromatic hydroxyl groups is 1. The Labute approximate surface area is 198 Å². The van der Waals surface area contributed by atoms with Crippen molar-refractivity contribution < 1.29 is 10.2 Å². The molecule has 2 N–H and O–H groups in total. The highest BCUT2D eigenvalue weighted by molar-refractivity contribution is 5.83. The molecule has 1 aliphatic heterocycles. The maximum atomic E-state index is 10.2. The SMILES string of the molecule is CCN1CCC(c2ccc(/C(=C(/CCCO)C3C=CC=CC3)c3cccc(O)c3)cc2)CC1. The summed E-state index contributed by atoms with van der Waals surface area (Å²) in [5.74, 6) is 1.22. The van der Waals surface area contributed by atoms with Crippen LogP contribution in [0.2, 0.25) is 0 Å². The van der Waals surface area contributed by atoms with Crippen molar-refractivity contribution in [2.75, 3.05) is 26.2 Å². The lowest BCUT2D eigenvalue weighted by Crippen LogP contribution is -2.32. The van der Waals surface area contributed by atoms with Crippen molar-refractivity contribution in [1.82, 2.24) is 4.90 Å². The van der Waals surface area contributed by atoms with Gasteiger partial charge in [0.2, 0.25) is 0 Å². The number of aliphatic hydroxyl groups is 1. The molecule has 0 amide bonds. The summed E-state index contributed by atoms with van der Waals surface area (Å²) in [5, 5.41) is 19.8. The summed E-state index contributed by atoms with van der Waals surface area (Å²) in [6.45, 7) is 5.94. The number of phenolic OH excluding ortho intramolecular Hbond substituents is 1. The minimum absolute atomic E-state index is 0.179. The van der Waals surface area contributed by atoms with Gasteiger partial charge in [0.05, 0.1) is 0 Å². The summed E-state index contributed by atoms with van der Waals surface area (Å²) < 4.78 is 0. The Balaban J connectivity index is 1.72. The Hall–Kier alpha value is -2.62. The van der Waals surface area contributed by atoms with Crippen molar-refractivity contribution >= 4 is 5.57 Å². The fourth-order valence-electron chi connectivity index (χ4n) is 5.31. The van der Waals surface area contributed by atoms with E-state index in [9.17, 15) is 10.2 Å². The van der Waals surface area contributed by atoms with Crippen LogP contribution in [0.1, 0.15) is 61.6 Å². The zero-order chi connectivity index (χ0) is 23.0. The topological polar surface area (TPSA) is 43.7 Å². The third-order valence-corrected chi connectivity index (χ3v) is 7.19. The molecule has 0 radical (unpaired) electrons. The first-order chi connectivity index (χ1) is 16.2. The van der Waals surface area contributed by atoms with Gasteiger partial charge in [-0.25, -0.2) is 0 Å². The molecule has 2 aliphatic rings. The van der Waals surface area contributed by atoms with Crippen LogP contribution in [0.3, 0.4) is 0 Å². The molecule has 0 aromatic heterocycles. The van der Waals surface area contributed by atoms with E-state index in [1.807, 2.05) is 12.1 Å². The summed E-state index contributed by atoms with van der Waals surface area (Å²) in [6, 6.07) is 16.7. The molecule has 1 heterocycles. The van der Waals surface area contributed by atoms with E-state index >= 15 is 0 Å². The van der Waals surface area contributed by atoms with Crippen molar-refractivity contribution in [3.63, 3.8) is 0 Å². The first-order valence-electron chi connectivity index (χ1n) is 12.5. The van der Waals surface area contributed by atoms with Crippen LogP contribution in [0.15, 0.2) is 78.4 Å². The molecular weight excluding hydrogens is 406 g/mol. The van der Waals surface area contributed by atoms with Gasteiger partial charge in [-0.05, 0) is 92.1 Å². The highest BCUT2D eigenvalue weighted by Crippen LogP contribution is 2.38. The number of likely N-dealkylation sites (tertiary alicyclic amines) is 1. The lowest BCUT2D eigenvalue weighted by Gasteiger charge is -2.31. The number of rotatable bonds is 8. The number of benzene rings is 2. The van der Waals surface area contributed by atoms with Crippen molar-refractivity contribution in [3.8, 4) is 5.75 Å². The van der Waals surface area contributed by atoms with Gasteiger partial charge in [0, 0.05) is 12.5 Å². The Morgan fingerprint density at radius 2 is 1.79 bits per heavy atom. The largest absolute Gasteiger partial charge is 0.508 e. The molecule has 1 saturated heterocycles. The number of phenols is 1. The average Bonchev–Trinajstić information content (AvgIpc) is 2.87. The van der Waals surface area contributed by atoms with E-state index in [0.717, 1.165) is 31.4 Å². The average molecular weight is 444 g/mol. The van der Waals surface area contributed by atoms with E-state index in [-0.39, 0.29) is 12.4 Å². The van der Waals surface area contributed by atoms with Crippen LogP contribution in [0.25, 0.3) is 5.57 Å². The van der Waals surface area contributed by atoms with E-state index in [0.29, 0.717) is 11.8 Å². The molecule has 1 fully saturated rings. The van der Waals surface area contributed by atoms with Gasteiger partial charge in [0.25, 0.3) is 0 Å². The number of hydrogen-bond donors (Lipinski definition) is 2. The molecule has 0 bridgehead atoms. The number of piperidine rings is 1. The van der Waals surface area contributed by atoms with Gasteiger partial charge in [-0.2, -0.15) is 0 Å². The number of allylic oxidation sites excluding steroid dienone is 5. The second kappa shape index (κ2) is 11.5. The van der Waals surface area contributed by atoms with Crippen molar-refractivity contribution in [3.05, 3.63) is 95.1 Å². The van der Waals surface area contributed by atoms with E-state index < -0.39 is 0 Å². The maximum absolute atomic E-state index is 10.2. The summed E-state index contributed by atoms with van der Waals surface area (Å²) in [5.41, 5.74) is 6.18. The van der Waals surface area contributed by atoms with Crippen LogP contribution in [-0.2, 0) is 0 Å². The predicted molar refractivity (Wildman–Crippen MR) is 137 cm³/mol. The fourth-order valence-corrected chi connectivity index (χ4v) is 5.31. The van der Waals surface area contributed by atoms with E-state index in [2.05, 4.69) is 66.5 Å². The summed E-state index contributed by atoms with van der Waals surface area (Å²) >= 11 is 0. The summed E-state index contributed by atoms with van der Waals surface area (Å²) in [7, 11) is 0. The fraction of sp³-hybridized carbons (Fsp3) is 0.400. The smallest absolute Gasteiger partial charge is 0.116 e.